The number of nitrogens with zero attached hydrogens (tertiary/aromatic N) is 6. The van der Waals surface area contributed by atoms with Gasteiger partial charge in [-0.2, -0.15) is 5.10 Å². The van der Waals surface area contributed by atoms with Crippen molar-refractivity contribution in [3.8, 4) is 23.1 Å². The highest BCUT2D eigenvalue weighted by Gasteiger charge is 2.23. The molecule has 11 nitrogen and oxygen atoms in total. The summed E-state index contributed by atoms with van der Waals surface area (Å²) in [5, 5.41) is 15.6. The molecule has 1 fully saturated rings. The number of hydrogen-bond acceptors (Lipinski definition) is 8. The molecule has 2 amide bonds. The summed E-state index contributed by atoms with van der Waals surface area (Å²) in [5.74, 6) is 2.85. The van der Waals surface area contributed by atoms with Crippen LogP contribution in [0.5, 0.6) is 17.2 Å². The Morgan fingerprint density at radius 3 is 2.12 bits per heavy atom. The zero-order chi connectivity index (χ0) is 22.5. The highest BCUT2D eigenvalue weighted by molar-refractivity contribution is 5.90. The molecule has 2 aromatic heterocycles. The highest BCUT2D eigenvalue weighted by atomic mass is 16.5. The number of aromatic nitrogens is 4. The quantitative estimate of drug-likeness (QED) is 0.622. The van der Waals surface area contributed by atoms with Crippen molar-refractivity contribution < 1.29 is 19.0 Å². The molecule has 0 spiro atoms. The summed E-state index contributed by atoms with van der Waals surface area (Å²) < 4.78 is 17.7. The number of hydrogen-bond donors (Lipinski definition) is 1. The summed E-state index contributed by atoms with van der Waals surface area (Å²) in [6.45, 7) is 2.41. The zero-order valence-electron chi connectivity index (χ0n) is 18.2. The van der Waals surface area contributed by atoms with Gasteiger partial charge in [0.05, 0.1) is 27.0 Å². The van der Waals surface area contributed by atoms with Gasteiger partial charge < -0.3 is 29.3 Å². The van der Waals surface area contributed by atoms with Gasteiger partial charge in [-0.15, -0.1) is 10.2 Å². The summed E-state index contributed by atoms with van der Waals surface area (Å²) >= 11 is 0. The van der Waals surface area contributed by atoms with Crippen LogP contribution in [-0.2, 0) is 0 Å². The lowest BCUT2D eigenvalue weighted by Gasteiger charge is -2.35. The summed E-state index contributed by atoms with van der Waals surface area (Å²) in [7, 11) is 4.60. The van der Waals surface area contributed by atoms with Crippen LogP contribution < -0.4 is 24.4 Å². The highest BCUT2D eigenvalue weighted by Crippen LogP contribution is 2.40. The standard InChI is InChI=1S/C21H25N7O4/c1-30-16-13-15(14-17(31-2)20(16)32-3)23-21(29)27-11-9-26(10-12-27)18-5-6-19(25-24-18)28-8-4-7-22-28/h4-8,13-14H,9-12H2,1-3H3,(H,23,29). The first-order valence-electron chi connectivity index (χ1n) is 10.1. The van der Waals surface area contributed by atoms with Crippen molar-refractivity contribution in [3.05, 3.63) is 42.7 Å². The van der Waals surface area contributed by atoms with Gasteiger partial charge >= 0.3 is 6.03 Å². The van der Waals surface area contributed by atoms with Gasteiger partial charge in [-0.1, -0.05) is 0 Å². The molecule has 0 saturated carbocycles. The van der Waals surface area contributed by atoms with Gasteiger partial charge in [0, 0.05) is 50.7 Å². The summed E-state index contributed by atoms with van der Waals surface area (Å²) in [4.78, 5) is 16.6. The molecule has 168 valence electrons. The number of urea groups is 1. The van der Waals surface area contributed by atoms with E-state index in [1.54, 1.807) is 27.9 Å². The fraction of sp³-hybridized carbons (Fsp3) is 0.333. The molecule has 1 aliphatic rings. The van der Waals surface area contributed by atoms with Crippen molar-refractivity contribution in [3.63, 3.8) is 0 Å². The normalized spacial score (nSPS) is 13.6. The van der Waals surface area contributed by atoms with Crippen LogP contribution in [0.2, 0.25) is 0 Å². The molecule has 1 saturated heterocycles. The minimum atomic E-state index is -0.195. The molecule has 0 unspecified atom stereocenters. The molecule has 4 rings (SSSR count). The third kappa shape index (κ3) is 4.36. The maximum absolute atomic E-state index is 12.8. The molecule has 0 radical (unpaired) electrons. The number of ether oxygens (including phenoxy) is 3. The number of piperazine rings is 1. The van der Waals surface area contributed by atoms with E-state index in [4.69, 9.17) is 14.2 Å². The molecule has 3 aromatic rings. The second kappa shape index (κ2) is 9.41. The molecular weight excluding hydrogens is 414 g/mol. The van der Waals surface area contributed by atoms with E-state index >= 15 is 0 Å². The van der Waals surface area contributed by atoms with Gasteiger partial charge in [-0.25, -0.2) is 9.48 Å². The number of methoxy groups -OCH3 is 3. The smallest absolute Gasteiger partial charge is 0.321 e. The summed E-state index contributed by atoms with van der Waals surface area (Å²) in [6.07, 6.45) is 3.51. The molecule has 0 aliphatic carbocycles. The van der Waals surface area contributed by atoms with E-state index in [1.807, 2.05) is 24.4 Å². The average Bonchev–Trinajstić information content (AvgIpc) is 3.38. The van der Waals surface area contributed by atoms with E-state index < -0.39 is 0 Å². The lowest BCUT2D eigenvalue weighted by atomic mass is 10.2. The molecule has 0 bridgehead atoms. The van der Waals surface area contributed by atoms with Crippen molar-refractivity contribution in [2.24, 2.45) is 0 Å². The molecule has 32 heavy (non-hydrogen) atoms. The first kappa shape index (κ1) is 21.2. The zero-order valence-corrected chi connectivity index (χ0v) is 18.2. The van der Waals surface area contributed by atoms with Crippen molar-refractivity contribution in [1.82, 2.24) is 24.9 Å². The molecule has 0 atom stereocenters. The SMILES string of the molecule is COc1cc(NC(=O)N2CCN(c3ccc(-n4cccn4)nn3)CC2)cc(OC)c1OC. The Kier molecular flexibility index (Phi) is 6.24. The Bertz CT molecular complexity index is 1020. The van der Waals surface area contributed by atoms with E-state index in [9.17, 15) is 4.79 Å². The maximum atomic E-state index is 12.8. The first-order chi connectivity index (χ1) is 15.6. The van der Waals surface area contributed by atoms with E-state index in [0.29, 0.717) is 54.9 Å². The number of amides is 2. The van der Waals surface area contributed by atoms with Crippen LogP contribution in [0, 0.1) is 0 Å². The van der Waals surface area contributed by atoms with E-state index in [1.165, 1.54) is 21.3 Å². The number of anilines is 2. The maximum Gasteiger partial charge on any atom is 0.321 e. The Morgan fingerprint density at radius 1 is 0.938 bits per heavy atom. The van der Waals surface area contributed by atoms with Crippen LogP contribution >= 0.6 is 0 Å². The van der Waals surface area contributed by atoms with Crippen molar-refractivity contribution in [2.45, 2.75) is 0 Å². The first-order valence-corrected chi connectivity index (χ1v) is 10.1. The molecular formula is C21H25N7O4. The fourth-order valence-corrected chi connectivity index (χ4v) is 3.51. The van der Waals surface area contributed by atoms with Crippen molar-refractivity contribution in [2.75, 3.05) is 57.7 Å². The van der Waals surface area contributed by atoms with Gasteiger partial charge in [0.2, 0.25) is 5.75 Å². The van der Waals surface area contributed by atoms with E-state index in [-0.39, 0.29) is 6.03 Å². The largest absolute Gasteiger partial charge is 0.493 e. The Labute approximate surface area is 185 Å². The molecule has 1 N–H and O–H groups in total. The van der Waals surface area contributed by atoms with Gasteiger partial charge in [-0.05, 0) is 18.2 Å². The number of carbonyl (C=O) groups excluding carboxylic acids is 1. The second-order valence-electron chi connectivity index (χ2n) is 7.02. The summed E-state index contributed by atoms with van der Waals surface area (Å²) in [5.41, 5.74) is 0.562. The van der Waals surface area contributed by atoms with Gasteiger partial charge in [-0.3, -0.25) is 0 Å². The van der Waals surface area contributed by atoms with Crippen LogP contribution in [0.3, 0.4) is 0 Å². The Hall–Kier alpha value is -4.02. The van der Waals surface area contributed by atoms with Gasteiger partial charge in [0.15, 0.2) is 23.1 Å². The lowest BCUT2D eigenvalue weighted by molar-refractivity contribution is 0.208. The fourth-order valence-electron chi connectivity index (χ4n) is 3.51. The third-order valence-corrected chi connectivity index (χ3v) is 5.18. The van der Waals surface area contributed by atoms with Crippen LogP contribution in [0.1, 0.15) is 0 Å². The Morgan fingerprint density at radius 2 is 1.59 bits per heavy atom. The van der Waals surface area contributed by atoms with Crippen molar-refractivity contribution >= 4 is 17.5 Å². The van der Waals surface area contributed by atoms with Gasteiger partial charge in [0.25, 0.3) is 0 Å². The lowest BCUT2D eigenvalue weighted by Crippen LogP contribution is -2.50. The van der Waals surface area contributed by atoms with E-state index in [0.717, 1.165) is 5.82 Å². The van der Waals surface area contributed by atoms with Gasteiger partial charge in [0.1, 0.15) is 0 Å². The molecule has 3 heterocycles. The topological polar surface area (TPSA) is 107 Å². The predicted octanol–water partition coefficient (Wildman–Crippen LogP) is 2.04. The molecule has 1 aromatic carbocycles. The number of carbonyl (C=O) groups is 1. The van der Waals surface area contributed by atoms with Crippen LogP contribution in [0.4, 0.5) is 16.3 Å². The predicted molar refractivity (Wildman–Crippen MR) is 118 cm³/mol. The second-order valence-corrected chi connectivity index (χ2v) is 7.02. The monoisotopic (exact) mass is 439 g/mol. The minimum Gasteiger partial charge on any atom is -0.493 e. The number of rotatable bonds is 6. The van der Waals surface area contributed by atoms with Crippen molar-refractivity contribution in [1.29, 1.82) is 0 Å². The van der Waals surface area contributed by atoms with Crippen LogP contribution in [0.15, 0.2) is 42.7 Å². The minimum absolute atomic E-state index is 0.195. The number of benzene rings is 1. The average molecular weight is 439 g/mol. The molecule has 1 aliphatic heterocycles. The Balaban J connectivity index is 1.37. The van der Waals surface area contributed by atoms with E-state index in [2.05, 4.69) is 25.5 Å². The summed E-state index contributed by atoms with van der Waals surface area (Å²) in [6, 6.07) is 8.82. The van der Waals surface area contributed by atoms with Crippen LogP contribution in [-0.4, -0.2) is 78.4 Å². The number of nitrogens with one attached hydrogen (secondary N) is 1. The third-order valence-electron chi connectivity index (χ3n) is 5.18. The van der Waals surface area contributed by atoms with Crippen LogP contribution in [0.25, 0.3) is 5.82 Å². The molecule has 11 heteroatoms.